The zero-order valence-corrected chi connectivity index (χ0v) is 18.2. The molecule has 1 aliphatic carbocycles. The first-order valence-electron chi connectivity index (χ1n) is 10.6. The summed E-state index contributed by atoms with van der Waals surface area (Å²) in [5.74, 6) is 0. The number of hydrogen-bond donors (Lipinski definition) is 3. The second-order valence-corrected chi connectivity index (χ2v) is 8.78. The number of halogens is 2. The first-order chi connectivity index (χ1) is 14.0. The lowest BCUT2D eigenvalue weighted by Crippen LogP contribution is -2.48. The lowest BCUT2D eigenvalue weighted by Gasteiger charge is -2.26. The predicted molar refractivity (Wildman–Crippen MR) is 131 cm³/mol. The SMILES string of the molecule is C.C.O=C(NCC1CCCN1C(=O)Nc1ccc(Cl)cc1Cl)NC1CCCCCCC1. The summed E-state index contributed by atoms with van der Waals surface area (Å²) in [6.07, 6.45) is 10.0. The van der Waals surface area contributed by atoms with Crippen molar-refractivity contribution in [1.82, 2.24) is 15.5 Å². The molecule has 2 aliphatic rings. The van der Waals surface area contributed by atoms with E-state index < -0.39 is 0 Å². The molecule has 31 heavy (non-hydrogen) atoms. The summed E-state index contributed by atoms with van der Waals surface area (Å²) in [6.45, 7) is 1.11. The van der Waals surface area contributed by atoms with E-state index in [1.165, 1.54) is 32.1 Å². The minimum Gasteiger partial charge on any atom is -0.336 e. The van der Waals surface area contributed by atoms with Gasteiger partial charge in [-0.3, -0.25) is 0 Å². The number of anilines is 1. The van der Waals surface area contributed by atoms with Crippen LogP contribution in [-0.4, -0.2) is 42.1 Å². The predicted octanol–water partition coefficient (Wildman–Crippen LogP) is 6.67. The fourth-order valence-corrected chi connectivity index (χ4v) is 4.60. The number of rotatable bonds is 4. The minimum atomic E-state index is -0.209. The number of hydrogen-bond acceptors (Lipinski definition) is 2. The number of carbonyl (C=O) groups excluding carboxylic acids is 2. The Balaban J connectivity index is 0.00000240. The number of urea groups is 2. The number of amides is 4. The van der Waals surface area contributed by atoms with Gasteiger partial charge < -0.3 is 20.9 Å². The smallest absolute Gasteiger partial charge is 0.322 e. The summed E-state index contributed by atoms with van der Waals surface area (Å²) in [7, 11) is 0. The third-order valence-corrected chi connectivity index (χ3v) is 6.30. The highest BCUT2D eigenvalue weighted by Crippen LogP contribution is 2.26. The quantitative estimate of drug-likeness (QED) is 0.457. The number of nitrogens with one attached hydrogen (secondary N) is 3. The molecule has 3 N–H and O–H groups in total. The van der Waals surface area contributed by atoms with Crippen LogP contribution >= 0.6 is 23.2 Å². The highest BCUT2D eigenvalue weighted by Gasteiger charge is 2.29. The molecule has 4 amide bonds. The molecule has 1 unspecified atom stereocenters. The van der Waals surface area contributed by atoms with Gasteiger partial charge in [0.25, 0.3) is 0 Å². The monoisotopic (exact) mass is 472 g/mol. The second kappa shape index (κ2) is 13.7. The van der Waals surface area contributed by atoms with E-state index in [9.17, 15) is 9.59 Å². The molecule has 1 saturated heterocycles. The van der Waals surface area contributed by atoms with Gasteiger partial charge in [0.1, 0.15) is 0 Å². The molecule has 2 fully saturated rings. The Kier molecular flexibility index (Phi) is 12.1. The fraction of sp³-hybridized carbons (Fsp3) is 0.652. The summed E-state index contributed by atoms with van der Waals surface area (Å²) in [4.78, 5) is 26.8. The van der Waals surface area contributed by atoms with Crippen molar-refractivity contribution >= 4 is 41.0 Å². The Bertz CT molecular complexity index is 709. The second-order valence-electron chi connectivity index (χ2n) is 7.94. The standard InChI is InChI=1S/C21H30Cl2N4O2.2CH4/c22-15-10-11-19(18(23)13-15)26-21(29)27-12-6-9-17(27)14-24-20(28)25-16-7-4-2-1-3-5-8-16;;/h10-11,13,16-17H,1-9,12,14H2,(H,26,29)(H2,24,25,28);2*1H4. The molecule has 1 aromatic rings. The summed E-state index contributed by atoms with van der Waals surface area (Å²) >= 11 is 12.1. The van der Waals surface area contributed by atoms with Gasteiger partial charge >= 0.3 is 12.1 Å². The molecule has 1 saturated carbocycles. The molecule has 1 atom stereocenters. The van der Waals surface area contributed by atoms with Crippen molar-refractivity contribution in [2.45, 2.75) is 84.7 Å². The average molecular weight is 473 g/mol. The lowest BCUT2D eigenvalue weighted by atomic mass is 9.97. The van der Waals surface area contributed by atoms with Gasteiger partial charge in [0.15, 0.2) is 0 Å². The van der Waals surface area contributed by atoms with Crippen molar-refractivity contribution in [2.75, 3.05) is 18.4 Å². The summed E-state index contributed by atoms with van der Waals surface area (Å²) in [6, 6.07) is 4.86. The maximum Gasteiger partial charge on any atom is 0.322 e. The van der Waals surface area contributed by atoms with Crippen molar-refractivity contribution in [2.24, 2.45) is 0 Å². The van der Waals surface area contributed by atoms with Crippen molar-refractivity contribution in [1.29, 1.82) is 0 Å². The van der Waals surface area contributed by atoms with Gasteiger partial charge in [-0.15, -0.1) is 0 Å². The Morgan fingerprint density at radius 2 is 1.65 bits per heavy atom. The van der Waals surface area contributed by atoms with E-state index in [-0.39, 0.29) is 39.0 Å². The minimum absolute atomic E-state index is 0. The van der Waals surface area contributed by atoms with Crippen LogP contribution in [0, 0.1) is 0 Å². The van der Waals surface area contributed by atoms with Gasteiger partial charge in [-0.25, -0.2) is 9.59 Å². The number of likely N-dealkylation sites (tertiary alicyclic amines) is 1. The number of nitrogens with zero attached hydrogens (tertiary/aromatic N) is 1. The number of benzene rings is 1. The summed E-state index contributed by atoms with van der Waals surface area (Å²) in [5.41, 5.74) is 0.529. The fourth-order valence-electron chi connectivity index (χ4n) is 4.14. The lowest BCUT2D eigenvalue weighted by molar-refractivity contribution is 0.202. The topological polar surface area (TPSA) is 73.5 Å². The highest BCUT2D eigenvalue weighted by molar-refractivity contribution is 6.36. The highest BCUT2D eigenvalue weighted by atomic mass is 35.5. The molecular weight excluding hydrogens is 435 g/mol. The molecule has 0 radical (unpaired) electrons. The van der Waals surface area contributed by atoms with Crippen LogP contribution < -0.4 is 16.0 Å². The molecule has 1 aromatic carbocycles. The van der Waals surface area contributed by atoms with E-state index in [0.29, 0.717) is 28.8 Å². The molecule has 6 nitrogen and oxygen atoms in total. The van der Waals surface area contributed by atoms with Crippen LogP contribution in [0.1, 0.15) is 72.6 Å². The Labute approximate surface area is 197 Å². The molecule has 1 aliphatic heterocycles. The Morgan fingerprint density at radius 1 is 0.968 bits per heavy atom. The Morgan fingerprint density at radius 3 is 2.32 bits per heavy atom. The molecule has 0 spiro atoms. The van der Waals surface area contributed by atoms with E-state index in [4.69, 9.17) is 23.2 Å². The van der Waals surface area contributed by atoms with Gasteiger partial charge in [0.2, 0.25) is 0 Å². The van der Waals surface area contributed by atoms with Gasteiger partial charge in [-0.05, 0) is 43.9 Å². The molecule has 1 heterocycles. The molecule has 0 bridgehead atoms. The first kappa shape index (κ1) is 27.4. The van der Waals surface area contributed by atoms with E-state index in [1.807, 2.05) is 0 Å². The summed E-state index contributed by atoms with van der Waals surface area (Å²) in [5, 5.41) is 9.83. The molecular formula is C23H38Cl2N4O2. The van der Waals surface area contributed by atoms with Crippen molar-refractivity contribution < 1.29 is 9.59 Å². The van der Waals surface area contributed by atoms with Gasteiger partial charge in [0, 0.05) is 24.2 Å². The van der Waals surface area contributed by atoms with Gasteiger partial charge in [-0.1, -0.05) is 70.2 Å². The molecule has 0 aromatic heterocycles. The van der Waals surface area contributed by atoms with E-state index in [0.717, 1.165) is 25.7 Å². The van der Waals surface area contributed by atoms with Crippen molar-refractivity contribution in [3.05, 3.63) is 28.2 Å². The molecule has 8 heteroatoms. The van der Waals surface area contributed by atoms with Crippen molar-refractivity contribution in [3.63, 3.8) is 0 Å². The van der Waals surface area contributed by atoms with Crippen LogP contribution in [0.5, 0.6) is 0 Å². The van der Waals surface area contributed by atoms with Crippen LogP contribution in [-0.2, 0) is 0 Å². The maximum absolute atomic E-state index is 12.7. The third-order valence-electron chi connectivity index (χ3n) is 5.75. The van der Waals surface area contributed by atoms with Crippen molar-refractivity contribution in [3.8, 4) is 0 Å². The van der Waals surface area contributed by atoms with Crippen LogP contribution in [0.15, 0.2) is 18.2 Å². The molecule has 3 rings (SSSR count). The zero-order valence-electron chi connectivity index (χ0n) is 16.7. The van der Waals surface area contributed by atoms with Crippen LogP contribution in [0.3, 0.4) is 0 Å². The average Bonchev–Trinajstić information content (AvgIpc) is 3.13. The zero-order chi connectivity index (χ0) is 20.6. The molecule has 176 valence electrons. The van der Waals surface area contributed by atoms with Gasteiger partial charge in [0.05, 0.1) is 16.8 Å². The van der Waals surface area contributed by atoms with Crippen LogP contribution in [0.25, 0.3) is 0 Å². The van der Waals surface area contributed by atoms with Crippen LogP contribution in [0.4, 0.5) is 15.3 Å². The first-order valence-corrected chi connectivity index (χ1v) is 11.4. The number of carbonyl (C=O) groups is 2. The third kappa shape index (κ3) is 8.41. The maximum atomic E-state index is 12.7. The normalized spacial score (nSPS) is 19.3. The van der Waals surface area contributed by atoms with E-state index in [1.54, 1.807) is 23.1 Å². The summed E-state index contributed by atoms with van der Waals surface area (Å²) < 4.78 is 0. The van der Waals surface area contributed by atoms with Gasteiger partial charge in [-0.2, -0.15) is 0 Å². The van der Waals surface area contributed by atoms with Crippen LogP contribution in [0.2, 0.25) is 10.0 Å². The largest absolute Gasteiger partial charge is 0.336 e. The van der Waals surface area contributed by atoms with E-state index in [2.05, 4.69) is 16.0 Å². The Hall–Kier alpha value is -1.66. The van der Waals surface area contributed by atoms with E-state index >= 15 is 0 Å².